The lowest BCUT2D eigenvalue weighted by Crippen LogP contribution is -2.17. The monoisotopic (exact) mass is 301 g/mol. The molecule has 0 heterocycles. The topological polar surface area (TPSA) is 128 Å². The quantitative estimate of drug-likeness (QED) is 0.476. The van der Waals surface area contributed by atoms with Gasteiger partial charge >= 0.3 is 16.5 Å². The maximum absolute atomic E-state index is 11.2. The zero-order chi connectivity index (χ0) is 15.1. The Morgan fingerprint density at radius 3 is 2.75 bits per heavy atom. The number of hydrogen-bond acceptors (Lipinski definition) is 8. The van der Waals surface area contributed by atoms with Crippen LogP contribution in [0.4, 0.5) is 17.1 Å². The summed E-state index contributed by atoms with van der Waals surface area (Å²) in [5.74, 6) is -0.559. The predicted octanol–water partition coefficient (Wildman–Crippen LogP) is 1.26. The Morgan fingerprint density at radius 1 is 1.50 bits per heavy atom. The molecule has 0 bridgehead atoms. The van der Waals surface area contributed by atoms with Crippen molar-refractivity contribution in [3.8, 4) is 0 Å². The molecule has 0 aliphatic rings. The number of nitro benzene ring substituents is 1. The number of nitro groups is 1. The Bertz CT molecular complexity index is 647. The molecule has 108 valence electrons. The third-order valence-electron chi connectivity index (χ3n) is 2.09. The molecule has 9 nitrogen and oxygen atoms in total. The number of carbonyl (C=O) groups excluding carboxylic acids is 1. The van der Waals surface area contributed by atoms with Crippen LogP contribution in [0.25, 0.3) is 0 Å². The van der Waals surface area contributed by atoms with E-state index in [1.165, 1.54) is 12.1 Å². The second kappa shape index (κ2) is 7.19. The van der Waals surface area contributed by atoms with Gasteiger partial charge in [-0.3, -0.25) is 14.9 Å². The fourth-order valence-corrected chi connectivity index (χ4v) is 1.63. The van der Waals surface area contributed by atoms with Crippen molar-refractivity contribution in [1.29, 1.82) is 0 Å². The number of nitrogens with one attached hydrogen (secondary N) is 1. The summed E-state index contributed by atoms with van der Waals surface area (Å²) in [7, 11) is -2.70. The van der Waals surface area contributed by atoms with Crippen LogP contribution in [0.2, 0.25) is 0 Å². The van der Waals surface area contributed by atoms with Crippen LogP contribution in [0.1, 0.15) is 6.92 Å². The summed E-state index contributed by atoms with van der Waals surface area (Å²) in [4.78, 5) is 21.3. The van der Waals surface area contributed by atoms with Crippen molar-refractivity contribution in [2.75, 3.05) is 18.5 Å². The first-order valence-electron chi connectivity index (χ1n) is 5.43. The molecule has 1 aromatic carbocycles. The lowest BCUT2D eigenvalue weighted by atomic mass is 10.2. The normalized spacial score (nSPS) is 9.65. The van der Waals surface area contributed by atoms with E-state index in [9.17, 15) is 23.3 Å². The number of ether oxygens (including phenoxy) is 1. The van der Waals surface area contributed by atoms with Crippen molar-refractivity contribution in [3.63, 3.8) is 0 Å². The molecule has 0 saturated heterocycles. The third kappa shape index (κ3) is 4.65. The number of esters is 1. The first-order valence-corrected chi connectivity index (χ1v) is 6.46. The number of rotatable bonds is 6. The van der Waals surface area contributed by atoms with Gasteiger partial charge in [0.25, 0.3) is 5.69 Å². The van der Waals surface area contributed by atoms with Gasteiger partial charge in [0, 0.05) is 6.07 Å². The minimum Gasteiger partial charge on any atom is -0.465 e. The van der Waals surface area contributed by atoms with E-state index in [1.807, 2.05) is 0 Å². The van der Waals surface area contributed by atoms with Gasteiger partial charge in [0.2, 0.25) is 0 Å². The van der Waals surface area contributed by atoms with Gasteiger partial charge in [0.1, 0.15) is 12.2 Å². The van der Waals surface area contributed by atoms with Crippen LogP contribution in [-0.4, -0.2) is 32.5 Å². The maximum Gasteiger partial charge on any atom is 0.325 e. The molecule has 10 heteroatoms. The summed E-state index contributed by atoms with van der Waals surface area (Å²) >= 11 is 0. The SMILES string of the molecule is CCOC(=O)CNc1ccc(N=S(=O)=O)cc1[N+](=O)[O-]. The summed E-state index contributed by atoms with van der Waals surface area (Å²) in [5, 5.41) is 13.4. The van der Waals surface area contributed by atoms with Gasteiger partial charge in [-0.05, 0) is 19.1 Å². The van der Waals surface area contributed by atoms with Crippen LogP contribution in [0.15, 0.2) is 22.6 Å². The van der Waals surface area contributed by atoms with Gasteiger partial charge in [-0.25, -0.2) is 0 Å². The van der Waals surface area contributed by atoms with Crippen LogP contribution in [-0.2, 0) is 20.0 Å². The smallest absolute Gasteiger partial charge is 0.325 e. The summed E-state index contributed by atoms with van der Waals surface area (Å²) in [6.07, 6.45) is 0. The summed E-state index contributed by atoms with van der Waals surface area (Å²) < 4.78 is 28.6. The molecular formula is C10H11N3O6S. The average molecular weight is 301 g/mol. The van der Waals surface area contributed by atoms with Crippen molar-refractivity contribution in [2.24, 2.45) is 4.36 Å². The molecule has 0 atom stereocenters. The second-order valence-corrected chi connectivity index (χ2v) is 4.04. The van der Waals surface area contributed by atoms with E-state index in [4.69, 9.17) is 0 Å². The highest BCUT2D eigenvalue weighted by Gasteiger charge is 2.15. The van der Waals surface area contributed by atoms with Crippen molar-refractivity contribution in [1.82, 2.24) is 0 Å². The molecule has 1 rings (SSSR count). The van der Waals surface area contributed by atoms with Crippen LogP contribution in [0.3, 0.4) is 0 Å². The molecule has 0 spiro atoms. The molecular weight excluding hydrogens is 290 g/mol. The molecule has 0 radical (unpaired) electrons. The molecule has 1 aromatic rings. The van der Waals surface area contributed by atoms with E-state index >= 15 is 0 Å². The van der Waals surface area contributed by atoms with Crippen molar-refractivity contribution < 1.29 is 22.9 Å². The zero-order valence-corrected chi connectivity index (χ0v) is 11.2. The lowest BCUT2D eigenvalue weighted by Gasteiger charge is -2.06. The standard InChI is InChI=1S/C10H11N3O6S/c1-2-19-10(14)6-11-8-4-3-7(12-20(17)18)5-9(8)13(15)16/h3-5,11H,2,6H2,1H3. The lowest BCUT2D eigenvalue weighted by molar-refractivity contribution is -0.383. The first kappa shape index (κ1) is 15.6. The van der Waals surface area contributed by atoms with E-state index in [0.29, 0.717) is 0 Å². The van der Waals surface area contributed by atoms with E-state index in [-0.39, 0.29) is 30.2 Å². The molecule has 0 aromatic heterocycles. The molecule has 0 amide bonds. The number of nitrogens with zero attached hydrogens (tertiary/aromatic N) is 2. The Labute approximate surface area is 115 Å². The number of carbonyl (C=O) groups is 1. The molecule has 0 aliphatic heterocycles. The van der Waals surface area contributed by atoms with Gasteiger partial charge in [0.15, 0.2) is 0 Å². The Morgan fingerprint density at radius 2 is 2.20 bits per heavy atom. The fraction of sp³-hybridized carbons (Fsp3) is 0.300. The summed E-state index contributed by atoms with van der Waals surface area (Å²) in [6.45, 7) is 1.61. The number of benzene rings is 1. The molecule has 0 unspecified atom stereocenters. The van der Waals surface area contributed by atoms with Gasteiger partial charge in [0.05, 0.1) is 17.2 Å². The molecule has 0 saturated carbocycles. The number of anilines is 1. The average Bonchev–Trinajstić information content (AvgIpc) is 2.36. The summed E-state index contributed by atoms with van der Waals surface area (Å²) in [5.41, 5.74) is -0.397. The van der Waals surface area contributed by atoms with E-state index in [1.54, 1.807) is 6.92 Å². The van der Waals surface area contributed by atoms with Crippen molar-refractivity contribution >= 4 is 33.5 Å². The van der Waals surface area contributed by atoms with E-state index in [2.05, 4.69) is 14.4 Å². The fourth-order valence-electron chi connectivity index (χ4n) is 1.34. The highest BCUT2D eigenvalue weighted by molar-refractivity contribution is 7.61. The minimum atomic E-state index is -2.70. The van der Waals surface area contributed by atoms with Crippen LogP contribution >= 0.6 is 0 Å². The molecule has 1 N–H and O–H groups in total. The minimum absolute atomic E-state index is 0.0682. The van der Waals surface area contributed by atoms with Crippen LogP contribution < -0.4 is 5.32 Å². The molecule has 0 fully saturated rings. The Hall–Kier alpha value is -2.49. The van der Waals surface area contributed by atoms with Gasteiger partial charge in [-0.1, -0.05) is 0 Å². The van der Waals surface area contributed by atoms with E-state index < -0.39 is 21.4 Å². The van der Waals surface area contributed by atoms with Gasteiger partial charge in [-0.2, -0.15) is 8.42 Å². The summed E-state index contributed by atoms with van der Waals surface area (Å²) in [6, 6.07) is 3.53. The van der Waals surface area contributed by atoms with Crippen LogP contribution in [0.5, 0.6) is 0 Å². The van der Waals surface area contributed by atoms with Crippen LogP contribution in [0, 0.1) is 10.1 Å². The van der Waals surface area contributed by atoms with E-state index in [0.717, 1.165) is 6.07 Å². The number of hydrogen-bond donors (Lipinski definition) is 1. The Kier molecular flexibility index (Phi) is 5.59. The molecule has 0 aliphatic carbocycles. The molecule has 20 heavy (non-hydrogen) atoms. The van der Waals surface area contributed by atoms with Gasteiger partial charge in [-0.15, -0.1) is 4.36 Å². The largest absolute Gasteiger partial charge is 0.465 e. The second-order valence-electron chi connectivity index (χ2n) is 3.43. The van der Waals surface area contributed by atoms with Crippen molar-refractivity contribution in [3.05, 3.63) is 28.3 Å². The first-order chi connectivity index (χ1) is 9.43. The van der Waals surface area contributed by atoms with Crippen molar-refractivity contribution in [2.45, 2.75) is 6.92 Å². The third-order valence-corrected chi connectivity index (χ3v) is 2.45. The highest BCUT2D eigenvalue weighted by Crippen LogP contribution is 2.29. The Balaban J connectivity index is 2.99. The predicted molar refractivity (Wildman–Crippen MR) is 69.2 cm³/mol. The van der Waals surface area contributed by atoms with Gasteiger partial charge < -0.3 is 10.1 Å². The maximum atomic E-state index is 11.2. The highest BCUT2D eigenvalue weighted by atomic mass is 32.2. The zero-order valence-electron chi connectivity index (χ0n) is 10.4.